The molecule has 0 bridgehead atoms. The highest BCUT2D eigenvalue weighted by atomic mass is 19.1. The molecule has 2 N–H and O–H groups in total. The molecule has 112 valence electrons. The summed E-state index contributed by atoms with van der Waals surface area (Å²) in [4.78, 5) is 0. The van der Waals surface area contributed by atoms with E-state index in [0.717, 1.165) is 5.69 Å². The van der Waals surface area contributed by atoms with Crippen molar-refractivity contribution in [2.75, 3.05) is 26.1 Å². The number of halogens is 1. The van der Waals surface area contributed by atoms with Gasteiger partial charge in [-0.25, -0.2) is 4.39 Å². The van der Waals surface area contributed by atoms with Crippen molar-refractivity contribution in [3.05, 3.63) is 53.8 Å². The molecule has 0 saturated heterocycles. The Morgan fingerprint density at radius 1 is 1.14 bits per heavy atom. The predicted octanol–water partition coefficient (Wildman–Crippen LogP) is 2.99. The number of hydrogen-bond donors (Lipinski definition) is 2. The first-order valence-electron chi connectivity index (χ1n) is 6.52. The quantitative estimate of drug-likeness (QED) is 0.859. The Bertz CT molecular complexity index is 604. The van der Waals surface area contributed by atoms with Crippen molar-refractivity contribution < 1.29 is 19.0 Å². The monoisotopic (exact) mass is 291 g/mol. The third kappa shape index (κ3) is 3.64. The number of rotatable bonds is 6. The minimum Gasteiger partial charge on any atom is -0.497 e. The number of anilines is 1. The first-order chi connectivity index (χ1) is 10.2. The molecule has 2 rings (SSSR count). The predicted molar refractivity (Wildman–Crippen MR) is 79.4 cm³/mol. The first-order valence-corrected chi connectivity index (χ1v) is 6.52. The second-order valence-electron chi connectivity index (χ2n) is 4.51. The lowest BCUT2D eigenvalue weighted by Crippen LogP contribution is -2.15. The van der Waals surface area contributed by atoms with Gasteiger partial charge in [-0.2, -0.15) is 0 Å². The molecule has 0 radical (unpaired) electrons. The van der Waals surface area contributed by atoms with Crippen LogP contribution in [0.25, 0.3) is 0 Å². The van der Waals surface area contributed by atoms with E-state index in [0.29, 0.717) is 11.3 Å². The highest BCUT2D eigenvalue weighted by Crippen LogP contribution is 2.26. The Balaban J connectivity index is 2.21. The summed E-state index contributed by atoms with van der Waals surface area (Å²) in [5.41, 5.74) is 1.42. The van der Waals surface area contributed by atoms with E-state index >= 15 is 0 Å². The van der Waals surface area contributed by atoms with E-state index in [1.54, 1.807) is 19.2 Å². The Hall–Kier alpha value is -2.27. The van der Waals surface area contributed by atoms with Gasteiger partial charge in [0.25, 0.3) is 0 Å². The largest absolute Gasteiger partial charge is 0.497 e. The fraction of sp³-hybridized carbons (Fsp3) is 0.250. The molecule has 1 unspecified atom stereocenters. The molecule has 1 atom stereocenters. The van der Waals surface area contributed by atoms with Crippen LogP contribution in [0.2, 0.25) is 0 Å². The zero-order valence-corrected chi connectivity index (χ0v) is 12.0. The number of methoxy groups -OCH3 is 2. The molecule has 0 aliphatic heterocycles. The highest BCUT2D eigenvalue weighted by Gasteiger charge is 2.13. The van der Waals surface area contributed by atoms with Crippen molar-refractivity contribution in [1.82, 2.24) is 0 Å². The van der Waals surface area contributed by atoms with Crippen LogP contribution in [0.4, 0.5) is 10.1 Å². The summed E-state index contributed by atoms with van der Waals surface area (Å²) in [5, 5.41) is 12.7. The molecule has 0 saturated carbocycles. The van der Waals surface area contributed by atoms with E-state index in [4.69, 9.17) is 9.47 Å². The second-order valence-corrected chi connectivity index (χ2v) is 4.51. The number of aliphatic hydroxyl groups is 1. The molecule has 0 amide bonds. The van der Waals surface area contributed by atoms with Crippen molar-refractivity contribution in [3.63, 3.8) is 0 Å². The van der Waals surface area contributed by atoms with Gasteiger partial charge in [0.05, 0.1) is 26.9 Å². The van der Waals surface area contributed by atoms with Gasteiger partial charge in [-0.3, -0.25) is 0 Å². The maximum absolute atomic E-state index is 13.8. The van der Waals surface area contributed by atoms with Gasteiger partial charge >= 0.3 is 0 Å². The topological polar surface area (TPSA) is 50.7 Å². The minimum absolute atomic E-state index is 0.164. The van der Waals surface area contributed by atoms with Crippen molar-refractivity contribution >= 4 is 5.69 Å². The molecular formula is C16H18FNO3. The summed E-state index contributed by atoms with van der Waals surface area (Å²) in [6.45, 7) is -0.164. The summed E-state index contributed by atoms with van der Waals surface area (Å²) < 4.78 is 23.8. The average Bonchev–Trinajstić information content (AvgIpc) is 2.52. The van der Waals surface area contributed by atoms with Gasteiger partial charge < -0.3 is 19.9 Å². The van der Waals surface area contributed by atoms with Crippen LogP contribution >= 0.6 is 0 Å². The molecule has 21 heavy (non-hydrogen) atoms. The number of ether oxygens (including phenoxy) is 2. The van der Waals surface area contributed by atoms with Gasteiger partial charge in [-0.1, -0.05) is 12.1 Å². The molecule has 0 aliphatic carbocycles. The Kier molecular flexibility index (Phi) is 5.00. The summed E-state index contributed by atoms with van der Waals surface area (Å²) >= 11 is 0. The zero-order valence-electron chi connectivity index (χ0n) is 12.0. The molecular weight excluding hydrogens is 273 g/mol. The Labute approximate surface area is 123 Å². The minimum atomic E-state index is -0.458. The van der Waals surface area contributed by atoms with Gasteiger partial charge in [0.1, 0.15) is 5.75 Å². The maximum atomic E-state index is 13.8. The molecule has 4 nitrogen and oxygen atoms in total. The van der Waals surface area contributed by atoms with Crippen LogP contribution in [-0.2, 0) is 0 Å². The van der Waals surface area contributed by atoms with Crippen LogP contribution in [0.5, 0.6) is 11.5 Å². The number of aliphatic hydroxyl groups excluding tert-OH is 1. The molecule has 5 heteroatoms. The highest BCUT2D eigenvalue weighted by molar-refractivity contribution is 5.50. The van der Waals surface area contributed by atoms with Gasteiger partial charge in [0, 0.05) is 11.8 Å². The van der Waals surface area contributed by atoms with Crippen LogP contribution in [0.1, 0.15) is 11.6 Å². The fourth-order valence-corrected chi connectivity index (χ4v) is 2.05. The lowest BCUT2D eigenvalue weighted by Gasteiger charge is -2.19. The Morgan fingerprint density at radius 2 is 1.95 bits per heavy atom. The van der Waals surface area contributed by atoms with Crippen LogP contribution in [0, 0.1) is 5.82 Å². The second kappa shape index (κ2) is 6.95. The Morgan fingerprint density at radius 3 is 2.57 bits per heavy atom. The molecule has 0 aromatic heterocycles. The zero-order chi connectivity index (χ0) is 15.2. The molecule has 0 fully saturated rings. The lowest BCUT2D eigenvalue weighted by molar-refractivity contribution is 0.276. The van der Waals surface area contributed by atoms with Gasteiger partial charge in [0.2, 0.25) is 0 Å². The summed E-state index contributed by atoms with van der Waals surface area (Å²) in [6, 6.07) is 11.5. The normalized spacial score (nSPS) is 11.8. The van der Waals surface area contributed by atoms with E-state index in [1.807, 2.05) is 24.3 Å². The lowest BCUT2D eigenvalue weighted by atomic mass is 10.1. The van der Waals surface area contributed by atoms with Gasteiger partial charge in [0.15, 0.2) is 11.6 Å². The van der Waals surface area contributed by atoms with E-state index in [1.165, 1.54) is 13.2 Å². The van der Waals surface area contributed by atoms with Gasteiger partial charge in [-0.05, 0) is 29.8 Å². The SMILES string of the molecule is COc1cccc(NC(CO)c2ccc(OC)c(F)c2)c1. The van der Waals surface area contributed by atoms with Crippen LogP contribution in [0.3, 0.4) is 0 Å². The van der Waals surface area contributed by atoms with E-state index in [-0.39, 0.29) is 12.4 Å². The number of hydrogen-bond acceptors (Lipinski definition) is 4. The number of benzene rings is 2. The molecule has 2 aromatic rings. The molecule has 0 spiro atoms. The summed E-state index contributed by atoms with van der Waals surface area (Å²) in [5.74, 6) is 0.426. The fourth-order valence-electron chi connectivity index (χ4n) is 2.05. The average molecular weight is 291 g/mol. The van der Waals surface area contributed by atoms with Crippen molar-refractivity contribution in [2.45, 2.75) is 6.04 Å². The number of nitrogens with one attached hydrogen (secondary N) is 1. The van der Waals surface area contributed by atoms with Crippen molar-refractivity contribution in [2.24, 2.45) is 0 Å². The third-order valence-electron chi connectivity index (χ3n) is 3.17. The van der Waals surface area contributed by atoms with Gasteiger partial charge in [-0.15, -0.1) is 0 Å². The van der Waals surface area contributed by atoms with E-state index in [2.05, 4.69) is 5.32 Å². The molecule has 0 aliphatic rings. The first kappa shape index (κ1) is 15.1. The van der Waals surface area contributed by atoms with Crippen LogP contribution in [0.15, 0.2) is 42.5 Å². The molecule has 2 aromatic carbocycles. The van der Waals surface area contributed by atoms with Crippen LogP contribution < -0.4 is 14.8 Å². The van der Waals surface area contributed by atoms with E-state index < -0.39 is 11.9 Å². The summed E-state index contributed by atoms with van der Waals surface area (Å²) in [7, 11) is 3.00. The van der Waals surface area contributed by atoms with Crippen molar-refractivity contribution in [1.29, 1.82) is 0 Å². The van der Waals surface area contributed by atoms with Crippen molar-refractivity contribution in [3.8, 4) is 11.5 Å². The maximum Gasteiger partial charge on any atom is 0.165 e. The van der Waals surface area contributed by atoms with Crippen LogP contribution in [-0.4, -0.2) is 25.9 Å². The molecule has 0 heterocycles. The van der Waals surface area contributed by atoms with E-state index in [9.17, 15) is 9.50 Å². The third-order valence-corrected chi connectivity index (χ3v) is 3.17. The smallest absolute Gasteiger partial charge is 0.165 e. The summed E-state index contributed by atoms with van der Waals surface area (Å²) in [6.07, 6.45) is 0. The standard InChI is InChI=1S/C16H18FNO3/c1-20-13-5-3-4-12(9-13)18-15(10-19)11-6-7-16(21-2)14(17)8-11/h3-9,15,18-19H,10H2,1-2H3.